The molecule has 1 fully saturated rings. The maximum absolute atomic E-state index is 4.21. The first-order valence-corrected chi connectivity index (χ1v) is 6.46. The van der Waals surface area contributed by atoms with Gasteiger partial charge in [0, 0.05) is 19.1 Å². The van der Waals surface area contributed by atoms with Crippen LogP contribution in [0.25, 0.3) is 0 Å². The summed E-state index contributed by atoms with van der Waals surface area (Å²) in [6.07, 6.45) is 3.66. The lowest BCUT2D eigenvalue weighted by Crippen LogP contribution is -2.42. The van der Waals surface area contributed by atoms with E-state index in [0.717, 1.165) is 32.0 Å². The minimum absolute atomic E-state index is 0.695. The molecule has 0 unspecified atom stereocenters. The molecule has 1 aromatic rings. The Morgan fingerprint density at radius 3 is 2.71 bits per heavy atom. The summed E-state index contributed by atoms with van der Waals surface area (Å²) < 4.78 is 0. The average Bonchev–Trinajstić information content (AvgIpc) is 2.74. The average molecular weight is 238 g/mol. The highest BCUT2D eigenvalue weighted by Gasteiger charge is 2.19. The lowest BCUT2D eigenvalue weighted by molar-refractivity contribution is 0.187. The molecule has 0 bridgehead atoms. The molecule has 0 aromatic carbocycles. The molecular weight excluding hydrogens is 216 g/mol. The van der Waals surface area contributed by atoms with Crippen molar-refractivity contribution < 1.29 is 0 Å². The van der Waals surface area contributed by atoms with E-state index in [1.165, 1.54) is 24.1 Å². The van der Waals surface area contributed by atoms with Gasteiger partial charge in [0.2, 0.25) is 0 Å². The number of aromatic nitrogens is 4. The first-order chi connectivity index (χ1) is 8.28. The Bertz CT molecular complexity index is 328. The number of hydrogen-bond acceptors (Lipinski definition) is 5. The molecule has 6 nitrogen and oxygen atoms in total. The molecule has 1 N–H and O–H groups in total. The second-order valence-electron chi connectivity index (χ2n) is 4.70. The Balaban J connectivity index is 1.72. The van der Waals surface area contributed by atoms with E-state index in [0.29, 0.717) is 6.04 Å². The van der Waals surface area contributed by atoms with Crippen molar-refractivity contribution in [2.45, 2.75) is 38.8 Å². The third kappa shape index (κ3) is 3.74. The minimum atomic E-state index is 0.695. The van der Waals surface area contributed by atoms with Gasteiger partial charge in [0.1, 0.15) is 0 Å². The van der Waals surface area contributed by atoms with Gasteiger partial charge in [0.15, 0.2) is 5.82 Å². The molecule has 1 saturated heterocycles. The van der Waals surface area contributed by atoms with Crippen LogP contribution in [0.2, 0.25) is 0 Å². The van der Waals surface area contributed by atoms with Crippen LogP contribution >= 0.6 is 0 Å². The van der Waals surface area contributed by atoms with Gasteiger partial charge in [0.25, 0.3) is 0 Å². The van der Waals surface area contributed by atoms with E-state index in [2.05, 4.69) is 32.6 Å². The molecule has 1 aliphatic heterocycles. The Labute approximate surface area is 102 Å². The maximum Gasteiger partial charge on any atom is 0.188 e. The van der Waals surface area contributed by atoms with Gasteiger partial charge >= 0.3 is 0 Å². The van der Waals surface area contributed by atoms with E-state index < -0.39 is 0 Å². The number of aryl methyl sites for hydroxylation is 1. The van der Waals surface area contributed by atoms with Crippen molar-refractivity contribution in [3.05, 3.63) is 5.82 Å². The maximum atomic E-state index is 4.21. The predicted molar refractivity (Wildman–Crippen MR) is 65.4 cm³/mol. The van der Waals surface area contributed by atoms with E-state index in [1.54, 1.807) is 7.05 Å². The largest absolute Gasteiger partial charge is 0.314 e. The first-order valence-electron chi connectivity index (χ1n) is 6.46. The number of nitrogens with one attached hydrogen (secondary N) is 1. The zero-order valence-corrected chi connectivity index (χ0v) is 10.8. The second kappa shape index (κ2) is 6.07. The summed E-state index contributed by atoms with van der Waals surface area (Å²) in [4.78, 5) is 3.92. The first kappa shape index (κ1) is 12.4. The zero-order valence-electron chi connectivity index (χ0n) is 10.8. The second-order valence-corrected chi connectivity index (χ2v) is 4.70. The normalized spacial score (nSPS) is 18.7. The number of likely N-dealkylation sites (tertiary alicyclic amines) is 1. The van der Waals surface area contributed by atoms with Crippen LogP contribution in [0.15, 0.2) is 0 Å². The number of tetrazole rings is 1. The fraction of sp³-hybridized carbons (Fsp3) is 0.909. The molecule has 0 aliphatic carbocycles. The van der Waals surface area contributed by atoms with Gasteiger partial charge in [-0.2, -0.15) is 4.80 Å². The van der Waals surface area contributed by atoms with Crippen LogP contribution in [0, 0.1) is 0 Å². The van der Waals surface area contributed by atoms with Gasteiger partial charge in [-0.25, -0.2) is 0 Å². The molecule has 96 valence electrons. The highest BCUT2D eigenvalue weighted by molar-refractivity contribution is 4.82. The van der Waals surface area contributed by atoms with E-state index >= 15 is 0 Å². The van der Waals surface area contributed by atoms with Gasteiger partial charge < -0.3 is 5.32 Å². The van der Waals surface area contributed by atoms with Crippen LogP contribution in [0.5, 0.6) is 0 Å². The molecule has 0 spiro atoms. The number of hydrogen-bond donors (Lipinski definition) is 1. The van der Waals surface area contributed by atoms with Gasteiger partial charge in [0.05, 0.1) is 13.6 Å². The van der Waals surface area contributed by atoms with Crippen LogP contribution in [0.4, 0.5) is 0 Å². The fourth-order valence-electron chi connectivity index (χ4n) is 2.23. The van der Waals surface area contributed by atoms with Crippen LogP contribution in [-0.4, -0.2) is 50.8 Å². The number of piperidine rings is 1. The van der Waals surface area contributed by atoms with Crippen LogP contribution < -0.4 is 5.32 Å². The summed E-state index contributed by atoms with van der Waals surface area (Å²) in [7, 11) is 1.80. The lowest BCUT2D eigenvalue weighted by atomic mass is 10.1. The van der Waals surface area contributed by atoms with E-state index in [1.807, 2.05) is 0 Å². The van der Waals surface area contributed by atoms with Gasteiger partial charge in [-0.15, -0.1) is 10.2 Å². The van der Waals surface area contributed by atoms with Crippen molar-refractivity contribution in [2.75, 3.05) is 19.6 Å². The molecule has 1 aliphatic rings. The molecule has 1 aromatic heterocycles. The van der Waals surface area contributed by atoms with Gasteiger partial charge in [-0.05, 0) is 31.0 Å². The molecule has 0 atom stereocenters. The number of nitrogens with zero attached hydrogens (tertiary/aromatic N) is 5. The van der Waals surface area contributed by atoms with Crippen molar-refractivity contribution in [1.82, 2.24) is 30.4 Å². The molecule has 17 heavy (non-hydrogen) atoms. The van der Waals surface area contributed by atoms with Crippen LogP contribution in [0.1, 0.15) is 32.0 Å². The Morgan fingerprint density at radius 2 is 2.12 bits per heavy atom. The topological polar surface area (TPSA) is 58.9 Å². The Kier molecular flexibility index (Phi) is 4.44. The highest BCUT2D eigenvalue weighted by atomic mass is 15.6. The SMILES string of the molecule is CCCNC1CCN(Cc2nnn(C)n2)CC1. The van der Waals surface area contributed by atoms with Crippen molar-refractivity contribution in [3.8, 4) is 0 Å². The minimum Gasteiger partial charge on any atom is -0.314 e. The van der Waals surface area contributed by atoms with E-state index in [4.69, 9.17) is 0 Å². The van der Waals surface area contributed by atoms with Crippen molar-refractivity contribution in [1.29, 1.82) is 0 Å². The third-order valence-electron chi connectivity index (χ3n) is 3.19. The molecule has 6 heteroatoms. The summed E-state index contributed by atoms with van der Waals surface area (Å²) >= 11 is 0. The quantitative estimate of drug-likeness (QED) is 0.792. The summed E-state index contributed by atoms with van der Waals surface area (Å²) in [5, 5.41) is 15.7. The van der Waals surface area contributed by atoms with Crippen molar-refractivity contribution in [3.63, 3.8) is 0 Å². The molecule has 2 heterocycles. The summed E-state index contributed by atoms with van der Waals surface area (Å²) in [5.41, 5.74) is 0. The van der Waals surface area contributed by atoms with Crippen molar-refractivity contribution >= 4 is 0 Å². The smallest absolute Gasteiger partial charge is 0.188 e. The van der Waals surface area contributed by atoms with Crippen molar-refractivity contribution in [2.24, 2.45) is 7.05 Å². The van der Waals surface area contributed by atoms with Gasteiger partial charge in [-0.3, -0.25) is 4.90 Å². The third-order valence-corrected chi connectivity index (χ3v) is 3.19. The fourth-order valence-corrected chi connectivity index (χ4v) is 2.23. The summed E-state index contributed by atoms with van der Waals surface area (Å²) in [5.74, 6) is 0.826. The molecule has 0 saturated carbocycles. The van der Waals surface area contributed by atoms with Crippen LogP contribution in [0.3, 0.4) is 0 Å². The monoisotopic (exact) mass is 238 g/mol. The summed E-state index contributed by atoms with van der Waals surface area (Å²) in [6, 6.07) is 0.695. The lowest BCUT2D eigenvalue weighted by Gasteiger charge is -2.31. The van der Waals surface area contributed by atoms with E-state index in [-0.39, 0.29) is 0 Å². The molecule has 0 amide bonds. The standard InChI is InChI=1S/C11H22N6/c1-3-6-12-10-4-7-17(8-5-10)9-11-13-15-16(2)14-11/h10,12H,3-9H2,1-2H3. The Morgan fingerprint density at radius 1 is 1.35 bits per heavy atom. The molecule has 0 radical (unpaired) electrons. The summed E-state index contributed by atoms with van der Waals surface area (Å²) in [6.45, 7) is 6.42. The highest BCUT2D eigenvalue weighted by Crippen LogP contribution is 2.11. The zero-order chi connectivity index (χ0) is 12.1. The molecule has 2 rings (SSSR count). The molecular formula is C11H22N6. The Hall–Kier alpha value is -1.01. The van der Waals surface area contributed by atoms with E-state index in [9.17, 15) is 0 Å². The van der Waals surface area contributed by atoms with Crippen LogP contribution in [-0.2, 0) is 13.6 Å². The number of rotatable bonds is 5. The van der Waals surface area contributed by atoms with Gasteiger partial charge in [-0.1, -0.05) is 6.92 Å². The predicted octanol–water partition coefficient (Wildman–Crippen LogP) is 0.174.